The molecule has 118 valence electrons. The molecule has 1 aromatic heterocycles. The molecule has 0 atom stereocenters. The number of amides is 2. The first-order chi connectivity index (χ1) is 9.48. The second-order valence-corrected chi connectivity index (χ2v) is 7.80. The van der Waals surface area contributed by atoms with E-state index in [0.717, 1.165) is 6.42 Å². The second-order valence-electron chi connectivity index (χ2n) is 6.86. The molecule has 2 amide bonds. The quantitative estimate of drug-likeness (QED) is 0.779. The summed E-state index contributed by atoms with van der Waals surface area (Å²) >= 11 is 1.21. The first-order valence-corrected chi connectivity index (χ1v) is 7.60. The van der Waals surface area contributed by atoms with Crippen molar-refractivity contribution < 1.29 is 14.7 Å². The summed E-state index contributed by atoms with van der Waals surface area (Å²) in [5.74, 6) is -1.06. The highest BCUT2D eigenvalue weighted by molar-refractivity contribution is 7.09. The van der Waals surface area contributed by atoms with Crippen LogP contribution in [0.15, 0.2) is 5.38 Å². The molecule has 21 heavy (non-hydrogen) atoms. The molecule has 0 fully saturated rings. The highest BCUT2D eigenvalue weighted by atomic mass is 32.1. The fraction of sp³-hybridized carbons (Fsp3) is 0.643. The molecule has 0 aliphatic carbocycles. The lowest BCUT2D eigenvalue weighted by Gasteiger charge is -2.33. The van der Waals surface area contributed by atoms with Gasteiger partial charge < -0.3 is 15.7 Å². The lowest BCUT2D eigenvalue weighted by atomic mass is 9.82. The van der Waals surface area contributed by atoms with Crippen LogP contribution in [0.1, 0.15) is 56.5 Å². The predicted molar refractivity (Wildman–Crippen MR) is 82.6 cm³/mol. The van der Waals surface area contributed by atoms with Gasteiger partial charge in [0.1, 0.15) is 5.01 Å². The molecule has 0 saturated heterocycles. The fourth-order valence-electron chi connectivity index (χ4n) is 2.37. The number of hydrogen-bond donors (Lipinski definition) is 3. The first kappa shape index (κ1) is 17.4. The molecule has 1 heterocycles. The van der Waals surface area contributed by atoms with Gasteiger partial charge in [0.15, 0.2) is 5.69 Å². The summed E-state index contributed by atoms with van der Waals surface area (Å²) < 4.78 is 0. The minimum atomic E-state index is -1.06. The summed E-state index contributed by atoms with van der Waals surface area (Å²) in [6.45, 7) is 10.5. The Bertz CT molecular complexity index is 518. The Labute approximate surface area is 129 Å². The van der Waals surface area contributed by atoms with Crippen molar-refractivity contribution in [1.29, 1.82) is 0 Å². The molecule has 6 nitrogen and oxygen atoms in total. The number of nitrogens with zero attached hydrogens (tertiary/aromatic N) is 1. The zero-order valence-electron chi connectivity index (χ0n) is 13.1. The largest absolute Gasteiger partial charge is 0.476 e. The lowest BCUT2D eigenvalue weighted by molar-refractivity contribution is 0.0691. The summed E-state index contributed by atoms with van der Waals surface area (Å²) in [7, 11) is 0. The molecule has 0 spiro atoms. The van der Waals surface area contributed by atoms with Crippen molar-refractivity contribution in [3.8, 4) is 0 Å². The Kier molecular flexibility index (Phi) is 5.33. The number of aromatic carboxylic acids is 1. The summed E-state index contributed by atoms with van der Waals surface area (Å²) in [5, 5.41) is 16.4. The second kappa shape index (κ2) is 6.43. The predicted octanol–water partition coefficient (Wildman–Crippen LogP) is 2.86. The molecule has 0 aromatic carbocycles. The van der Waals surface area contributed by atoms with Crippen molar-refractivity contribution in [3.05, 3.63) is 16.1 Å². The Morgan fingerprint density at radius 1 is 1.29 bits per heavy atom. The number of carboxylic acid groups (broad SMARTS) is 1. The third-order valence-electron chi connectivity index (χ3n) is 2.60. The van der Waals surface area contributed by atoms with E-state index in [2.05, 4.69) is 36.4 Å². The number of hydrogen-bond acceptors (Lipinski definition) is 4. The van der Waals surface area contributed by atoms with E-state index in [9.17, 15) is 9.59 Å². The topological polar surface area (TPSA) is 91.3 Å². The van der Waals surface area contributed by atoms with Gasteiger partial charge in [0.25, 0.3) is 0 Å². The normalized spacial score (nSPS) is 12.0. The average Bonchev–Trinajstić information content (AvgIpc) is 2.70. The SMILES string of the molecule is CC(C)(C)CC(C)(C)NC(=O)NCc1nc(C(=O)O)cs1. The maximum absolute atomic E-state index is 11.9. The zero-order valence-corrected chi connectivity index (χ0v) is 13.9. The van der Waals surface area contributed by atoms with E-state index in [-0.39, 0.29) is 29.2 Å². The number of thiazole rings is 1. The van der Waals surface area contributed by atoms with E-state index < -0.39 is 5.97 Å². The molecular formula is C14H23N3O3S. The molecule has 0 aliphatic rings. The maximum atomic E-state index is 11.9. The van der Waals surface area contributed by atoms with E-state index in [1.807, 2.05) is 13.8 Å². The molecule has 0 aliphatic heterocycles. The van der Waals surface area contributed by atoms with Crippen LogP contribution in [0, 0.1) is 5.41 Å². The van der Waals surface area contributed by atoms with Crippen molar-refractivity contribution in [2.24, 2.45) is 5.41 Å². The molecule has 0 radical (unpaired) electrons. The van der Waals surface area contributed by atoms with Crippen LogP contribution in [0.3, 0.4) is 0 Å². The molecule has 1 aromatic rings. The first-order valence-electron chi connectivity index (χ1n) is 6.72. The molecular weight excluding hydrogens is 290 g/mol. The minimum Gasteiger partial charge on any atom is -0.476 e. The van der Waals surface area contributed by atoms with Gasteiger partial charge in [0.2, 0.25) is 0 Å². The Morgan fingerprint density at radius 2 is 1.90 bits per heavy atom. The molecule has 0 bridgehead atoms. The molecule has 0 saturated carbocycles. The number of carbonyl (C=O) groups is 2. The van der Waals surface area contributed by atoms with Crippen molar-refractivity contribution in [2.45, 2.75) is 53.1 Å². The van der Waals surface area contributed by atoms with Crippen molar-refractivity contribution in [2.75, 3.05) is 0 Å². The van der Waals surface area contributed by atoms with Crippen LogP contribution in [0.25, 0.3) is 0 Å². The van der Waals surface area contributed by atoms with Crippen LogP contribution in [0.4, 0.5) is 4.79 Å². The fourth-order valence-corrected chi connectivity index (χ4v) is 3.08. The number of rotatable bonds is 5. The number of carboxylic acids is 1. The smallest absolute Gasteiger partial charge is 0.355 e. The molecule has 7 heteroatoms. The number of aromatic nitrogens is 1. The molecule has 1 rings (SSSR count). The summed E-state index contributed by atoms with van der Waals surface area (Å²) in [5.41, 5.74) is -0.204. The molecule has 3 N–H and O–H groups in total. The summed E-state index contributed by atoms with van der Waals surface area (Å²) in [6, 6.07) is -0.281. The summed E-state index contributed by atoms with van der Waals surface area (Å²) in [6.07, 6.45) is 0.841. The van der Waals surface area contributed by atoms with E-state index in [0.29, 0.717) is 5.01 Å². The van der Waals surface area contributed by atoms with E-state index in [4.69, 9.17) is 5.11 Å². The van der Waals surface area contributed by atoms with Gasteiger partial charge in [-0.1, -0.05) is 20.8 Å². The van der Waals surface area contributed by atoms with Gasteiger partial charge in [0, 0.05) is 10.9 Å². The highest BCUT2D eigenvalue weighted by Gasteiger charge is 2.26. The van der Waals surface area contributed by atoms with Crippen LogP contribution >= 0.6 is 11.3 Å². The van der Waals surface area contributed by atoms with Crippen molar-refractivity contribution in [3.63, 3.8) is 0 Å². The van der Waals surface area contributed by atoms with Gasteiger partial charge in [-0.25, -0.2) is 14.6 Å². The summed E-state index contributed by atoms with van der Waals surface area (Å²) in [4.78, 5) is 26.5. The standard InChI is InChI=1S/C14H23N3O3S/c1-13(2,3)8-14(4,5)17-12(20)15-6-10-16-9(7-21-10)11(18)19/h7H,6,8H2,1-5H3,(H,18,19)(H2,15,17,20). The highest BCUT2D eigenvalue weighted by Crippen LogP contribution is 2.26. The van der Waals surface area contributed by atoms with Crippen LogP contribution in [0.5, 0.6) is 0 Å². The number of urea groups is 1. The Morgan fingerprint density at radius 3 is 2.38 bits per heavy atom. The van der Waals surface area contributed by atoms with Gasteiger partial charge in [0.05, 0.1) is 6.54 Å². The van der Waals surface area contributed by atoms with Gasteiger partial charge in [-0.2, -0.15) is 0 Å². The number of nitrogens with one attached hydrogen (secondary N) is 2. The van der Waals surface area contributed by atoms with Crippen LogP contribution in [-0.4, -0.2) is 27.6 Å². The van der Waals surface area contributed by atoms with Crippen molar-refractivity contribution in [1.82, 2.24) is 15.6 Å². The van der Waals surface area contributed by atoms with Gasteiger partial charge in [-0.05, 0) is 25.7 Å². The Hall–Kier alpha value is -1.63. The molecule has 0 unspecified atom stereocenters. The average molecular weight is 313 g/mol. The van der Waals surface area contributed by atoms with Gasteiger partial charge in [-0.15, -0.1) is 11.3 Å². The van der Waals surface area contributed by atoms with Crippen LogP contribution < -0.4 is 10.6 Å². The lowest BCUT2D eigenvalue weighted by Crippen LogP contribution is -2.49. The Balaban J connectivity index is 2.48. The van der Waals surface area contributed by atoms with Crippen LogP contribution in [0.2, 0.25) is 0 Å². The van der Waals surface area contributed by atoms with E-state index in [1.54, 1.807) is 0 Å². The van der Waals surface area contributed by atoms with Crippen LogP contribution in [-0.2, 0) is 6.54 Å². The minimum absolute atomic E-state index is 0.00488. The van der Waals surface area contributed by atoms with E-state index in [1.165, 1.54) is 16.7 Å². The zero-order chi connectivity index (χ0) is 16.3. The van der Waals surface area contributed by atoms with Crippen molar-refractivity contribution >= 4 is 23.3 Å². The van der Waals surface area contributed by atoms with Gasteiger partial charge in [-0.3, -0.25) is 0 Å². The third kappa shape index (κ3) is 6.57. The maximum Gasteiger partial charge on any atom is 0.355 e. The monoisotopic (exact) mass is 313 g/mol. The van der Waals surface area contributed by atoms with E-state index >= 15 is 0 Å². The number of carbonyl (C=O) groups excluding carboxylic acids is 1. The third-order valence-corrected chi connectivity index (χ3v) is 3.44. The van der Waals surface area contributed by atoms with Gasteiger partial charge >= 0.3 is 12.0 Å².